The summed E-state index contributed by atoms with van der Waals surface area (Å²) < 4.78 is 0.855. The molecular weight excluding hydrogens is 329 g/mol. The molecule has 2 N–H and O–H groups in total. The number of aromatic hydroxyl groups is 1. The van der Waals surface area contributed by atoms with E-state index < -0.39 is 0 Å². The number of aryl methyl sites for hydroxylation is 1. The number of benzene rings is 1. The highest BCUT2D eigenvalue weighted by Crippen LogP contribution is 2.19. The van der Waals surface area contributed by atoms with Gasteiger partial charge >= 0.3 is 0 Å². The normalized spacial score (nSPS) is 12.5. The summed E-state index contributed by atoms with van der Waals surface area (Å²) in [5.41, 5.74) is 1.28. The first-order valence-electron chi connectivity index (χ1n) is 5.62. The molecule has 1 atom stereocenters. The minimum Gasteiger partial charge on any atom is -0.507 e. The molecule has 1 amide bonds. The van der Waals surface area contributed by atoms with Crippen LogP contribution in [0.15, 0.2) is 18.2 Å². The zero-order valence-corrected chi connectivity index (χ0v) is 12.5. The van der Waals surface area contributed by atoms with Crippen molar-refractivity contribution in [2.24, 2.45) is 5.92 Å². The van der Waals surface area contributed by atoms with Crippen molar-refractivity contribution in [3.05, 3.63) is 29.3 Å². The van der Waals surface area contributed by atoms with Gasteiger partial charge in [0.25, 0.3) is 5.91 Å². The molecule has 0 spiro atoms. The van der Waals surface area contributed by atoms with Crippen molar-refractivity contribution >= 4 is 28.5 Å². The highest BCUT2D eigenvalue weighted by molar-refractivity contribution is 14.1. The third-order valence-electron chi connectivity index (χ3n) is 2.69. The predicted octanol–water partition coefficient (Wildman–Crippen LogP) is 2.89. The first kappa shape index (κ1) is 14.3. The number of phenols is 1. The third-order valence-corrected chi connectivity index (χ3v) is 3.63. The number of carbonyl (C=O) groups excluding carboxylic acids is 1. The fraction of sp³-hybridized carbons (Fsp3) is 0.462. The van der Waals surface area contributed by atoms with E-state index in [0.717, 1.165) is 9.99 Å². The zero-order chi connectivity index (χ0) is 13.0. The van der Waals surface area contributed by atoms with Crippen LogP contribution in [-0.2, 0) is 0 Å². The minimum absolute atomic E-state index is 0.0402. The van der Waals surface area contributed by atoms with Crippen LogP contribution in [0.3, 0.4) is 0 Å². The Kier molecular flexibility index (Phi) is 5.24. The second-order valence-corrected chi connectivity index (χ2v) is 5.38. The van der Waals surface area contributed by atoms with Gasteiger partial charge in [-0.1, -0.05) is 42.5 Å². The Morgan fingerprint density at radius 1 is 1.47 bits per heavy atom. The van der Waals surface area contributed by atoms with Crippen LogP contribution in [0.2, 0.25) is 0 Å². The van der Waals surface area contributed by atoms with Crippen LogP contribution in [0.25, 0.3) is 0 Å². The number of halogens is 1. The van der Waals surface area contributed by atoms with Gasteiger partial charge in [-0.2, -0.15) is 0 Å². The first-order chi connectivity index (χ1) is 7.95. The average Bonchev–Trinajstić information content (AvgIpc) is 2.24. The maximum atomic E-state index is 12.0. The van der Waals surface area contributed by atoms with Crippen molar-refractivity contribution in [3.63, 3.8) is 0 Å². The molecule has 0 aliphatic carbocycles. The monoisotopic (exact) mass is 347 g/mol. The molecule has 0 bridgehead atoms. The zero-order valence-electron chi connectivity index (χ0n) is 10.3. The van der Waals surface area contributed by atoms with Crippen LogP contribution in [0, 0.1) is 12.8 Å². The van der Waals surface area contributed by atoms with Gasteiger partial charge in [-0.25, -0.2) is 0 Å². The van der Waals surface area contributed by atoms with E-state index in [-0.39, 0.29) is 17.7 Å². The topological polar surface area (TPSA) is 49.3 Å². The summed E-state index contributed by atoms with van der Waals surface area (Å²) in [7, 11) is 0. The number of rotatable bonds is 4. The van der Waals surface area contributed by atoms with Gasteiger partial charge in [-0.15, -0.1) is 0 Å². The molecule has 0 fully saturated rings. The van der Waals surface area contributed by atoms with E-state index in [2.05, 4.69) is 41.8 Å². The van der Waals surface area contributed by atoms with Gasteiger partial charge in [0.1, 0.15) is 5.75 Å². The quantitative estimate of drug-likeness (QED) is 0.650. The summed E-state index contributed by atoms with van der Waals surface area (Å²) in [5, 5.41) is 12.7. The number of hydrogen-bond acceptors (Lipinski definition) is 2. The summed E-state index contributed by atoms with van der Waals surface area (Å²) in [6, 6.07) is 5.21. The fourth-order valence-corrected chi connectivity index (χ4v) is 2.70. The van der Waals surface area contributed by atoms with E-state index in [1.54, 1.807) is 12.1 Å². The summed E-state index contributed by atoms with van der Waals surface area (Å²) >= 11 is 2.25. The van der Waals surface area contributed by atoms with Gasteiger partial charge in [0.2, 0.25) is 0 Å². The SMILES string of the molecule is Cc1ccc(C(=O)NC(CI)C(C)C)c(O)c1. The first-order valence-corrected chi connectivity index (χ1v) is 7.14. The molecule has 0 radical (unpaired) electrons. The Bertz CT molecular complexity index is 404. The van der Waals surface area contributed by atoms with Crippen LogP contribution < -0.4 is 5.32 Å². The molecular formula is C13H18INO2. The number of hydrogen-bond donors (Lipinski definition) is 2. The van der Waals surface area contributed by atoms with E-state index in [4.69, 9.17) is 0 Å². The number of amides is 1. The van der Waals surface area contributed by atoms with Gasteiger partial charge in [0, 0.05) is 10.5 Å². The largest absolute Gasteiger partial charge is 0.507 e. The molecule has 1 aromatic rings. The fourth-order valence-electron chi connectivity index (χ4n) is 1.46. The predicted molar refractivity (Wildman–Crippen MR) is 77.8 cm³/mol. The van der Waals surface area contributed by atoms with Crippen molar-refractivity contribution in [3.8, 4) is 5.75 Å². The number of nitrogens with one attached hydrogen (secondary N) is 1. The van der Waals surface area contributed by atoms with Crippen LogP contribution in [0.1, 0.15) is 29.8 Å². The molecule has 1 rings (SSSR count). The van der Waals surface area contributed by atoms with Crippen LogP contribution >= 0.6 is 22.6 Å². The molecule has 0 saturated heterocycles. The molecule has 1 aromatic carbocycles. The Morgan fingerprint density at radius 3 is 2.59 bits per heavy atom. The average molecular weight is 347 g/mol. The van der Waals surface area contributed by atoms with Crippen molar-refractivity contribution in [2.45, 2.75) is 26.8 Å². The molecule has 0 aromatic heterocycles. The van der Waals surface area contributed by atoms with Crippen LogP contribution in [-0.4, -0.2) is 21.5 Å². The van der Waals surface area contributed by atoms with E-state index in [9.17, 15) is 9.90 Å². The van der Waals surface area contributed by atoms with E-state index in [0.29, 0.717) is 11.5 Å². The third kappa shape index (κ3) is 3.87. The molecule has 17 heavy (non-hydrogen) atoms. The second-order valence-electron chi connectivity index (χ2n) is 4.50. The van der Waals surface area contributed by atoms with Gasteiger partial charge in [0.15, 0.2) is 0 Å². The van der Waals surface area contributed by atoms with E-state index in [1.165, 1.54) is 0 Å². The molecule has 0 aliphatic heterocycles. The van der Waals surface area contributed by atoms with Gasteiger partial charge in [-0.05, 0) is 30.5 Å². The lowest BCUT2D eigenvalue weighted by Crippen LogP contribution is -2.39. The van der Waals surface area contributed by atoms with Crippen molar-refractivity contribution in [1.82, 2.24) is 5.32 Å². The van der Waals surface area contributed by atoms with Crippen LogP contribution in [0.4, 0.5) is 0 Å². The summed E-state index contributed by atoms with van der Waals surface area (Å²) in [4.78, 5) is 12.0. The van der Waals surface area contributed by atoms with Gasteiger partial charge in [-0.3, -0.25) is 4.79 Å². The Balaban J connectivity index is 2.82. The van der Waals surface area contributed by atoms with Crippen molar-refractivity contribution < 1.29 is 9.90 Å². The second kappa shape index (κ2) is 6.23. The van der Waals surface area contributed by atoms with Crippen molar-refractivity contribution in [1.29, 1.82) is 0 Å². The Morgan fingerprint density at radius 2 is 2.12 bits per heavy atom. The summed E-state index contributed by atoms with van der Waals surface area (Å²) in [5.74, 6) is 0.208. The maximum absolute atomic E-state index is 12.0. The lowest BCUT2D eigenvalue weighted by molar-refractivity contribution is 0.0929. The Hall–Kier alpha value is -0.780. The highest BCUT2D eigenvalue weighted by Gasteiger charge is 2.17. The minimum atomic E-state index is -0.210. The van der Waals surface area contributed by atoms with Gasteiger partial charge in [0.05, 0.1) is 5.56 Å². The molecule has 1 unspecified atom stereocenters. The molecule has 3 nitrogen and oxygen atoms in total. The lowest BCUT2D eigenvalue weighted by atomic mass is 10.1. The maximum Gasteiger partial charge on any atom is 0.255 e. The Labute approximate surface area is 116 Å². The molecule has 0 saturated carbocycles. The van der Waals surface area contributed by atoms with E-state index in [1.807, 2.05) is 13.0 Å². The van der Waals surface area contributed by atoms with E-state index >= 15 is 0 Å². The van der Waals surface area contributed by atoms with Crippen molar-refractivity contribution in [2.75, 3.05) is 4.43 Å². The summed E-state index contributed by atoms with van der Waals surface area (Å²) in [6.45, 7) is 6.01. The molecule has 0 heterocycles. The highest BCUT2D eigenvalue weighted by atomic mass is 127. The van der Waals surface area contributed by atoms with Gasteiger partial charge < -0.3 is 10.4 Å². The van der Waals surface area contributed by atoms with Crippen LogP contribution in [0.5, 0.6) is 5.75 Å². The number of phenolic OH excluding ortho intramolecular Hbond substituents is 1. The summed E-state index contributed by atoms with van der Waals surface area (Å²) in [6.07, 6.45) is 0. The molecule has 0 aliphatic rings. The lowest BCUT2D eigenvalue weighted by Gasteiger charge is -2.20. The molecule has 94 valence electrons. The number of carbonyl (C=O) groups is 1. The number of alkyl halides is 1. The standard InChI is InChI=1S/C13H18INO2/c1-8(2)11(7-14)15-13(17)10-5-4-9(3)6-12(10)16/h4-6,8,11,16H,7H2,1-3H3,(H,15,17). The molecule has 4 heteroatoms. The smallest absolute Gasteiger partial charge is 0.255 e.